The normalized spacial score (nSPS) is 13.1. The SMILES string of the molecule is CCNC(=NCCc1c(C)cc(C)cc1C)NC(C)CCS(C)(=O)=O.I. The van der Waals surface area contributed by atoms with Crippen molar-refractivity contribution in [2.24, 2.45) is 4.99 Å². The number of sulfone groups is 1. The molecule has 0 radical (unpaired) electrons. The summed E-state index contributed by atoms with van der Waals surface area (Å²) < 4.78 is 22.6. The highest BCUT2D eigenvalue weighted by atomic mass is 127. The molecule has 0 aliphatic heterocycles. The van der Waals surface area contributed by atoms with Gasteiger partial charge in [0.25, 0.3) is 0 Å². The zero-order valence-electron chi connectivity index (χ0n) is 16.8. The van der Waals surface area contributed by atoms with Gasteiger partial charge < -0.3 is 10.6 Å². The van der Waals surface area contributed by atoms with Gasteiger partial charge in [-0.3, -0.25) is 4.99 Å². The summed E-state index contributed by atoms with van der Waals surface area (Å²) in [6.07, 6.45) is 2.73. The molecule has 0 aliphatic rings. The lowest BCUT2D eigenvalue weighted by Gasteiger charge is -2.17. The van der Waals surface area contributed by atoms with E-state index < -0.39 is 9.84 Å². The van der Waals surface area contributed by atoms with Gasteiger partial charge in [0.15, 0.2) is 5.96 Å². The van der Waals surface area contributed by atoms with Crippen molar-refractivity contribution in [2.75, 3.05) is 25.1 Å². The molecule has 0 fully saturated rings. The van der Waals surface area contributed by atoms with Crippen molar-refractivity contribution in [3.05, 3.63) is 34.4 Å². The third-order valence-corrected chi connectivity index (χ3v) is 5.10. The minimum Gasteiger partial charge on any atom is -0.357 e. The van der Waals surface area contributed by atoms with Gasteiger partial charge in [-0.15, -0.1) is 24.0 Å². The van der Waals surface area contributed by atoms with Gasteiger partial charge in [0.05, 0.1) is 5.75 Å². The first-order valence-electron chi connectivity index (χ1n) is 8.91. The van der Waals surface area contributed by atoms with Crippen LogP contribution in [0.2, 0.25) is 0 Å². The number of hydrogen-bond donors (Lipinski definition) is 2. The Labute approximate surface area is 176 Å². The van der Waals surface area contributed by atoms with Crippen molar-refractivity contribution in [1.29, 1.82) is 0 Å². The molecule has 2 N–H and O–H groups in total. The predicted molar refractivity (Wildman–Crippen MR) is 123 cm³/mol. The third-order valence-electron chi connectivity index (χ3n) is 4.12. The summed E-state index contributed by atoms with van der Waals surface area (Å²) in [5.41, 5.74) is 5.27. The molecule has 0 amide bonds. The van der Waals surface area contributed by atoms with Crippen LogP contribution in [0, 0.1) is 20.8 Å². The minimum atomic E-state index is -2.93. The quantitative estimate of drug-likeness (QED) is 0.330. The molecule has 1 unspecified atom stereocenters. The zero-order chi connectivity index (χ0) is 19.0. The van der Waals surface area contributed by atoms with Crippen molar-refractivity contribution in [2.45, 2.75) is 53.5 Å². The highest BCUT2D eigenvalue weighted by Gasteiger charge is 2.10. The van der Waals surface area contributed by atoms with E-state index in [1.54, 1.807) is 0 Å². The van der Waals surface area contributed by atoms with Crippen molar-refractivity contribution in [3.63, 3.8) is 0 Å². The van der Waals surface area contributed by atoms with Crippen LogP contribution in [-0.4, -0.2) is 45.5 Å². The van der Waals surface area contributed by atoms with Crippen LogP contribution in [0.4, 0.5) is 0 Å². The summed E-state index contributed by atoms with van der Waals surface area (Å²) in [5, 5.41) is 6.51. The molecule has 0 bridgehead atoms. The number of benzene rings is 1. The van der Waals surface area contributed by atoms with Crippen LogP contribution in [-0.2, 0) is 16.3 Å². The Morgan fingerprint density at radius 1 is 1.19 bits per heavy atom. The van der Waals surface area contributed by atoms with Crippen molar-refractivity contribution >= 4 is 39.8 Å². The summed E-state index contributed by atoms with van der Waals surface area (Å²) in [5.74, 6) is 0.924. The molecule has 0 aliphatic carbocycles. The molecule has 1 rings (SSSR count). The van der Waals surface area contributed by atoms with Gasteiger partial charge in [-0.05, 0) is 64.2 Å². The molecule has 0 saturated heterocycles. The second-order valence-electron chi connectivity index (χ2n) is 6.85. The summed E-state index contributed by atoms with van der Waals surface area (Å²) >= 11 is 0. The van der Waals surface area contributed by atoms with Crippen LogP contribution >= 0.6 is 24.0 Å². The second kappa shape index (κ2) is 11.8. The van der Waals surface area contributed by atoms with Gasteiger partial charge in [-0.2, -0.15) is 0 Å². The van der Waals surface area contributed by atoms with E-state index in [0.717, 1.165) is 18.9 Å². The Balaban J connectivity index is 0.00000625. The Kier molecular flexibility index (Phi) is 11.4. The molecule has 0 heterocycles. The first kappa shape index (κ1) is 25.2. The lowest BCUT2D eigenvalue weighted by atomic mass is 9.97. The van der Waals surface area contributed by atoms with Gasteiger partial charge in [-0.25, -0.2) is 8.42 Å². The first-order chi connectivity index (χ1) is 11.6. The number of aliphatic imine (C=N–C) groups is 1. The number of nitrogens with one attached hydrogen (secondary N) is 2. The summed E-state index contributed by atoms with van der Waals surface area (Å²) in [6.45, 7) is 11.9. The molecule has 0 aromatic heterocycles. The van der Waals surface area contributed by atoms with E-state index in [1.165, 1.54) is 28.5 Å². The molecule has 1 atom stereocenters. The minimum absolute atomic E-state index is 0. The number of hydrogen-bond acceptors (Lipinski definition) is 3. The molecule has 7 heteroatoms. The zero-order valence-corrected chi connectivity index (χ0v) is 20.0. The van der Waals surface area contributed by atoms with E-state index in [4.69, 9.17) is 0 Å². The third kappa shape index (κ3) is 9.75. The second-order valence-corrected chi connectivity index (χ2v) is 9.11. The topological polar surface area (TPSA) is 70.6 Å². The predicted octanol–water partition coefficient (Wildman–Crippen LogP) is 3.15. The molecule has 150 valence electrons. The Morgan fingerprint density at radius 3 is 2.27 bits per heavy atom. The van der Waals surface area contributed by atoms with E-state index >= 15 is 0 Å². The van der Waals surface area contributed by atoms with Crippen molar-refractivity contribution in [1.82, 2.24) is 10.6 Å². The number of nitrogens with zero attached hydrogens (tertiary/aromatic N) is 1. The van der Waals surface area contributed by atoms with Crippen molar-refractivity contribution in [3.8, 4) is 0 Å². The van der Waals surface area contributed by atoms with Gasteiger partial charge in [0, 0.05) is 25.4 Å². The molecular weight excluding hydrogens is 461 g/mol. The van der Waals surface area contributed by atoms with Crippen LogP contribution in [0.3, 0.4) is 0 Å². The van der Waals surface area contributed by atoms with Crippen LogP contribution in [0.5, 0.6) is 0 Å². The summed E-state index contributed by atoms with van der Waals surface area (Å²) in [6, 6.07) is 4.47. The highest BCUT2D eigenvalue weighted by molar-refractivity contribution is 14.0. The largest absolute Gasteiger partial charge is 0.357 e. The molecule has 0 spiro atoms. The highest BCUT2D eigenvalue weighted by Crippen LogP contribution is 2.16. The Hall–Kier alpha value is -0.830. The first-order valence-corrected chi connectivity index (χ1v) is 11.0. The Bertz CT molecular complexity index is 680. The number of halogens is 1. The maximum atomic E-state index is 11.3. The van der Waals surface area contributed by atoms with Gasteiger partial charge in [0.2, 0.25) is 0 Å². The van der Waals surface area contributed by atoms with E-state index in [1.807, 2.05) is 13.8 Å². The maximum Gasteiger partial charge on any atom is 0.191 e. The van der Waals surface area contributed by atoms with E-state index in [0.29, 0.717) is 13.0 Å². The maximum absolute atomic E-state index is 11.3. The monoisotopic (exact) mass is 495 g/mol. The number of guanidine groups is 1. The van der Waals surface area contributed by atoms with Crippen LogP contribution in [0.25, 0.3) is 0 Å². The fourth-order valence-electron chi connectivity index (χ4n) is 2.90. The number of rotatable bonds is 8. The van der Waals surface area contributed by atoms with Gasteiger partial charge >= 0.3 is 0 Å². The summed E-state index contributed by atoms with van der Waals surface area (Å²) in [7, 11) is -2.93. The average Bonchev–Trinajstić information content (AvgIpc) is 2.47. The molecule has 5 nitrogen and oxygen atoms in total. The lowest BCUT2D eigenvalue weighted by Crippen LogP contribution is -2.43. The fourth-order valence-corrected chi connectivity index (χ4v) is 3.68. The molecule has 1 aromatic carbocycles. The average molecular weight is 495 g/mol. The number of aryl methyl sites for hydroxylation is 3. The lowest BCUT2D eigenvalue weighted by molar-refractivity contribution is 0.581. The van der Waals surface area contributed by atoms with Crippen LogP contribution in [0.1, 0.15) is 42.5 Å². The van der Waals surface area contributed by atoms with Crippen molar-refractivity contribution < 1.29 is 8.42 Å². The smallest absolute Gasteiger partial charge is 0.191 e. The van der Waals surface area contributed by atoms with E-state index in [2.05, 4.69) is 48.5 Å². The van der Waals surface area contributed by atoms with Gasteiger partial charge in [-0.1, -0.05) is 17.7 Å². The van der Waals surface area contributed by atoms with Gasteiger partial charge in [0.1, 0.15) is 9.84 Å². The molecular formula is C19H34IN3O2S. The van der Waals surface area contributed by atoms with Crippen LogP contribution < -0.4 is 10.6 Å². The van der Waals surface area contributed by atoms with E-state index in [9.17, 15) is 8.42 Å². The van der Waals surface area contributed by atoms with Crippen LogP contribution in [0.15, 0.2) is 17.1 Å². The Morgan fingerprint density at radius 2 is 1.77 bits per heavy atom. The summed E-state index contributed by atoms with van der Waals surface area (Å²) in [4.78, 5) is 4.64. The molecule has 1 aromatic rings. The molecule has 0 saturated carbocycles. The molecule has 26 heavy (non-hydrogen) atoms. The standard InChI is InChI=1S/C19H33N3O2S.HI/c1-7-20-19(22-17(5)9-11-25(6,23)24)21-10-8-18-15(3)12-14(2)13-16(18)4;/h12-13,17H,7-11H2,1-6H3,(H2,20,21,22);1H. The van der Waals surface area contributed by atoms with E-state index in [-0.39, 0.29) is 35.8 Å². The fraction of sp³-hybridized carbons (Fsp3) is 0.632.